The molecule has 0 aromatic heterocycles. The molecular formula is C19H20ClN3O4. The van der Waals surface area contributed by atoms with Crippen molar-refractivity contribution in [1.29, 1.82) is 0 Å². The highest BCUT2D eigenvalue weighted by Gasteiger charge is 2.74. The van der Waals surface area contributed by atoms with Crippen LogP contribution in [-0.2, 0) is 24.7 Å². The number of rotatable bonds is 3. The molecule has 7 nitrogen and oxygen atoms in total. The number of amides is 3. The first kappa shape index (κ1) is 17.2. The summed E-state index contributed by atoms with van der Waals surface area (Å²) in [6, 6.07) is 5.16. The molecule has 3 amide bonds. The lowest BCUT2D eigenvalue weighted by molar-refractivity contribution is -0.146. The molecule has 0 saturated carbocycles. The number of nitrogens with zero attached hydrogens (tertiary/aromatic N) is 2. The number of nitrogens with one attached hydrogen (secondary N) is 1. The molecule has 4 heterocycles. The Morgan fingerprint density at radius 1 is 1.30 bits per heavy atom. The molecule has 4 atom stereocenters. The molecule has 1 aromatic carbocycles. The van der Waals surface area contributed by atoms with Crippen molar-refractivity contribution >= 4 is 35.0 Å². The lowest BCUT2D eigenvalue weighted by Crippen LogP contribution is -2.54. The van der Waals surface area contributed by atoms with Crippen molar-refractivity contribution < 1.29 is 19.1 Å². The summed E-state index contributed by atoms with van der Waals surface area (Å²) in [5.74, 6) is -1.90. The molecule has 8 heteroatoms. The fourth-order valence-electron chi connectivity index (χ4n) is 5.64. The minimum absolute atomic E-state index is 0.102. The number of fused-ring (bicyclic) bond motifs is 7. The van der Waals surface area contributed by atoms with Gasteiger partial charge in [-0.05, 0) is 37.6 Å². The summed E-state index contributed by atoms with van der Waals surface area (Å²) < 4.78 is 5.07. The number of carbonyl (C=O) groups excluding carboxylic acids is 3. The zero-order chi connectivity index (χ0) is 18.9. The van der Waals surface area contributed by atoms with E-state index in [1.807, 2.05) is 0 Å². The van der Waals surface area contributed by atoms with Gasteiger partial charge >= 0.3 is 0 Å². The van der Waals surface area contributed by atoms with E-state index in [0.29, 0.717) is 22.8 Å². The van der Waals surface area contributed by atoms with E-state index < -0.39 is 17.4 Å². The van der Waals surface area contributed by atoms with E-state index in [1.54, 1.807) is 18.2 Å². The highest BCUT2D eigenvalue weighted by Crippen LogP contribution is 2.60. The predicted molar refractivity (Wildman–Crippen MR) is 97.1 cm³/mol. The molecule has 0 radical (unpaired) electrons. The molecule has 1 spiro atoms. The van der Waals surface area contributed by atoms with E-state index in [9.17, 15) is 14.4 Å². The average molecular weight is 390 g/mol. The van der Waals surface area contributed by atoms with Gasteiger partial charge in [-0.2, -0.15) is 0 Å². The fraction of sp³-hybridized carbons (Fsp3) is 0.526. The summed E-state index contributed by atoms with van der Waals surface area (Å²) in [5.41, 5.74) is 0.237. The first-order valence-electron chi connectivity index (χ1n) is 9.24. The Kier molecular flexibility index (Phi) is 3.67. The van der Waals surface area contributed by atoms with Gasteiger partial charge in [0, 0.05) is 29.4 Å². The van der Waals surface area contributed by atoms with Gasteiger partial charge in [0.05, 0.1) is 25.0 Å². The summed E-state index contributed by atoms with van der Waals surface area (Å²) in [6.07, 6.45) is 1.71. The molecule has 5 rings (SSSR count). The van der Waals surface area contributed by atoms with Gasteiger partial charge in [-0.15, -0.1) is 0 Å². The van der Waals surface area contributed by atoms with E-state index in [1.165, 1.54) is 12.0 Å². The monoisotopic (exact) mass is 389 g/mol. The molecule has 0 aliphatic carbocycles. The van der Waals surface area contributed by atoms with Crippen LogP contribution in [0.2, 0.25) is 5.02 Å². The minimum atomic E-state index is -1.15. The topological polar surface area (TPSA) is 79.0 Å². The summed E-state index contributed by atoms with van der Waals surface area (Å²) in [7, 11) is 1.54. The lowest BCUT2D eigenvalue weighted by Gasteiger charge is -2.36. The standard InChI is InChI=1S/C19H20ClN3O4/c1-27-8-7-22-16(24)14-13-3-2-6-23(13)19(15(14)17(22)25)11-9-10(20)4-5-12(11)21-18(19)26/h4-5,9,13-15H,2-3,6-8H2,1H3,(H,21,26). The van der Waals surface area contributed by atoms with Gasteiger partial charge in [0.15, 0.2) is 0 Å². The van der Waals surface area contributed by atoms with Gasteiger partial charge in [0.1, 0.15) is 5.54 Å². The van der Waals surface area contributed by atoms with Crippen LogP contribution in [0.3, 0.4) is 0 Å². The zero-order valence-electron chi connectivity index (χ0n) is 14.9. The Balaban J connectivity index is 1.69. The number of ether oxygens (including phenoxy) is 1. The maximum Gasteiger partial charge on any atom is 0.250 e. The van der Waals surface area contributed by atoms with Crippen LogP contribution in [0.1, 0.15) is 18.4 Å². The van der Waals surface area contributed by atoms with Crippen LogP contribution in [0.5, 0.6) is 0 Å². The zero-order valence-corrected chi connectivity index (χ0v) is 15.7. The SMILES string of the molecule is COCCN1C(=O)C2C3CCCN3C3(C(=O)Nc4ccc(Cl)cc43)C2C1=O. The highest BCUT2D eigenvalue weighted by atomic mass is 35.5. The molecule has 4 aliphatic rings. The maximum absolute atomic E-state index is 13.3. The Labute approximate surface area is 161 Å². The second kappa shape index (κ2) is 5.77. The summed E-state index contributed by atoms with van der Waals surface area (Å²) in [6.45, 7) is 1.19. The summed E-state index contributed by atoms with van der Waals surface area (Å²) >= 11 is 6.24. The van der Waals surface area contributed by atoms with Gasteiger partial charge in [-0.1, -0.05) is 11.6 Å². The summed E-state index contributed by atoms with van der Waals surface area (Å²) in [4.78, 5) is 43.2. The first-order chi connectivity index (χ1) is 13.0. The van der Waals surface area contributed by atoms with Crippen LogP contribution >= 0.6 is 11.6 Å². The second-order valence-electron chi connectivity index (χ2n) is 7.64. The number of anilines is 1. The normalized spacial score (nSPS) is 34.4. The largest absolute Gasteiger partial charge is 0.383 e. The second-order valence-corrected chi connectivity index (χ2v) is 8.07. The minimum Gasteiger partial charge on any atom is -0.383 e. The number of hydrogen-bond donors (Lipinski definition) is 1. The first-order valence-corrected chi connectivity index (χ1v) is 9.62. The van der Waals surface area contributed by atoms with Crippen molar-refractivity contribution in [2.24, 2.45) is 11.8 Å². The van der Waals surface area contributed by atoms with E-state index in [-0.39, 0.29) is 36.9 Å². The molecule has 142 valence electrons. The van der Waals surface area contributed by atoms with Crippen LogP contribution in [0.15, 0.2) is 18.2 Å². The highest BCUT2D eigenvalue weighted by molar-refractivity contribution is 6.31. The van der Waals surface area contributed by atoms with Crippen LogP contribution < -0.4 is 5.32 Å². The fourth-order valence-corrected chi connectivity index (χ4v) is 5.81. The quantitative estimate of drug-likeness (QED) is 0.786. The third kappa shape index (κ3) is 1.97. The van der Waals surface area contributed by atoms with Gasteiger partial charge in [0.2, 0.25) is 17.7 Å². The van der Waals surface area contributed by atoms with Crippen molar-refractivity contribution in [3.63, 3.8) is 0 Å². The number of methoxy groups -OCH3 is 1. The molecule has 4 aliphatic heterocycles. The van der Waals surface area contributed by atoms with Crippen molar-refractivity contribution in [2.75, 3.05) is 32.1 Å². The number of imide groups is 1. The van der Waals surface area contributed by atoms with Gasteiger partial charge in [-0.25, -0.2) is 0 Å². The smallest absolute Gasteiger partial charge is 0.250 e. The number of carbonyl (C=O) groups is 3. The number of likely N-dealkylation sites (tertiary alicyclic amines) is 1. The average Bonchev–Trinajstić information content (AvgIpc) is 3.33. The van der Waals surface area contributed by atoms with Crippen LogP contribution in [0.4, 0.5) is 5.69 Å². The van der Waals surface area contributed by atoms with E-state index in [2.05, 4.69) is 10.2 Å². The molecule has 3 saturated heterocycles. The van der Waals surface area contributed by atoms with Crippen LogP contribution in [0, 0.1) is 11.8 Å². The van der Waals surface area contributed by atoms with Crippen LogP contribution in [0.25, 0.3) is 0 Å². The van der Waals surface area contributed by atoms with Gasteiger partial charge in [0.25, 0.3) is 0 Å². The summed E-state index contributed by atoms with van der Waals surface area (Å²) in [5, 5.41) is 3.44. The Bertz CT molecular complexity index is 875. The molecular weight excluding hydrogens is 370 g/mol. The third-order valence-corrected chi connectivity index (χ3v) is 6.80. The molecule has 0 bridgehead atoms. The van der Waals surface area contributed by atoms with Crippen LogP contribution in [-0.4, -0.2) is 60.4 Å². The van der Waals surface area contributed by atoms with Gasteiger partial charge < -0.3 is 10.1 Å². The predicted octanol–water partition coefficient (Wildman–Crippen LogP) is 1.21. The Morgan fingerprint density at radius 3 is 2.89 bits per heavy atom. The van der Waals surface area contributed by atoms with Gasteiger partial charge in [-0.3, -0.25) is 24.2 Å². The number of benzene rings is 1. The number of hydrogen-bond acceptors (Lipinski definition) is 5. The number of halogens is 1. The molecule has 1 aromatic rings. The van der Waals surface area contributed by atoms with E-state index in [4.69, 9.17) is 16.3 Å². The third-order valence-electron chi connectivity index (χ3n) is 6.56. The van der Waals surface area contributed by atoms with E-state index >= 15 is 0 Å². The Morgan fingerprint density at radius 2 is 2.11 bits per heavy atom. The van der Waals surface area contributed by atoms with Crippen molar-refractivity contribution in [1.82, 2.24) is 9.80 Å². The van der Waals surface area contributed by atoms with Crippen molar-refractivity contribution in [3.8, 4) is 0 Å². The molecule has 3 fully saturated rings. The molecule has 27 heavy (non-hydrogen) atoms. The van der Waals surface area contributed by atoms with Crippen molar-refractivity contribution in [2.45, 2.75) is 24.4 Å². The Hall–Kier alpha value is -1.96. The van der Waals surface area contributed by atoms with E-state index in [0.717, 1.165) is 12.8 Å². The molecule has 4 unspecified atom stereocenters. The van der Waals surface area contributed by atoms with Crippen molar-refractivity contribution in [3.05, 3.63) is 28.8 Å². The maximum atomic E-state index is 13.3. The molecule has 1 N–H and O–H groups in total. The lowest BCUT2D eigenvalue weighted by atomic mass is 9.75.